The number of hydrogen-bond donors (Lipinski definition) is 0. The van der Waals surface area contributed by atoms with Gasteiger partial charge >= 0.3 is 6.09 Å². The zero-order chi connectivity index (χ0) is 13.8. The maximum Gasteiger partial charge on any atom is 0.411 e. The summed E-state index contributed by atoms with van der Waals surface area (Å²) in [6, 6.07) is 0. The number of carbonyl (C=O) groups excluding carboxylic acids is 2. The quantitative estimate of drug-likeness (QED) is 0.667. The van der Waals surface area contributed by atoms with Gasteiger partial charge in [0, 0.05) is 12.8 Å². The Labute approximate surface area is 109 Å². The average Bonchev–Trinajstić information content (AvgIpc) is 2.27. The fourth-order valence-corrected chi connectivity index (χ4v) is 3.41. The molecule has 2 heterocycles. The van der Waals surface area contributed by atoms with Crippen molar-refractivity contribution in [3.8, 4) is 0 Å². The molecule has 2 fully saturated rings. The molecule has 0 unspecified atom stereocenters. The predicted molar refractivity (Wildman–Crippen MR) is 68.4 cm³/mol. The van der Waals surface area contributed by atoms with Gasteiger partial charge in [-0.25, -0.2) is 4.79 Å². The molecule has 0 spiro atoms. The van der Waals surface area contributed by atoms with Crippen molar-refractivity contribution in [1.82, 2.24) is 4.90 Å². The summed E-state index contributed by atoms with van der Waals surface area (Å²) < 4.78 is 5.50. The molecule has 0 aliphatic carbocycles. The van der Waals surface area contributed by atoms with E-state index in [1.165, 1.54) is 0 Å². The Kier molecular flexibility index (Phi) is 2.76. The maximum absolute atomic E-state index is 12.4. The summed E-state index contributed by atoms with van der Waals surface area (Å²) in [5, 5.41) is 0. The third kappa shape index (κ3) is 2.13. The van der Waals surface area contributed by atoms with Gasteiger partial charge < -0.3 is 4.74 Å². The highest BCUT2D eigenvalue weighted by molar-refractivity contribution is 5.85. The van der Waals surface area contributed by atoms with Crippen LogP contribution >= 0.6 is 0 Å². The molecule has 2 atom stereocenters. The first-order valence-corrected chi connectivity index (χ1v) is 6.61. The van der Waals surface area contributed by atoms with Gasteiger partial charge in [0.2, 0.25) is 0 Å². The van der Waals surface area contributed by atoms with Crippen LogP contribution in [0.25, 0.3) is 0 Å². The van der Waals surface area contributed by atoms with E-state index in [1.54, 1.807) is 0 Å². The van der Waals surface area contributed by atoms with Crippen LogP contribution in [0.3, 0.4) is 0 Å². The molecule has 2 bridgehead atoms. The van der Waals surface area contributed by atoms with Crippen molar-refractivity contribution in [3.63, 3.8) is 0 Å². The largest absolute Gasteiger partial charge is 0.444 e. The lowest BCUT2D eigenvalue weighted by Gasteiger charge is -2.47. The number of nitrogens with zero attached hydrogens (tertiary/aromatic N) is 1. The van der Waals surface area contributed by atoms with Crippen molar-refractivity contribution in [2.75, 3.05) is 0 Å². The van der Waals surface area contributed by atoms with Gasteiger partial charge in [0.15, 0.2) is 0 Å². The highest BCUT2D eigenvalue weighted by Crippen LogP contribution is 2.49. The Morgan fingerprint density at radius 2 is 1.61 bits per heavy atom. The zero-order valence-electron chi connectivity index (χ0n) is 12.0. The number of rotatable bonds is 0. The first kappa shape index (κ1) is 13.4. The van der Waals surface area contributed by atoms with E-state index in [0.29, 0.717) is 12.8 Å². The Morgan fingerprint density at radius 3 is 2.00 bits per heavy atom. The van der Waals surface area contributed by atoms with E-state index in [4.69, 9.17) is 4.74 Å². The minimum absolute atomic E-state index is 0.261. The fourth-order valence-electron chi connectivity index (χ4n) is 3.41. The van der Waals surface area contributed by atoms with E-state index in [1.807, 2.05) is 39.5 Å². The fraction of sp³-hybridized carbons (Fsp3) is 0.857. The summed E-state index contributed by atoms with van der Waals surface area (Å²) in [7, 11) is 0. The number of carbonyl (C=O) groups is 2. The lowest BCUT2D eigenvalue weighted by molar-refractivity contribution is -0.129. The molecule has 2 aliphatic heterocycles. The minimum Gasteiger partial charge on any atom is -0.444 e. The Morgan fingerprint density at radius 1 is 1.17 bits per heavy atom. The van der Waals surface area contributed by atoms with Crippen LogP contribution in [0.2, 0.25) is 0 Å². The Hall–Kier alpha value is -1.06. The molecule has 18 heavy (non-hydrogen) atoms. The lowest BCUT2D eigenvalue weighted by Crippen LogP contribution is -2.60. The Balaban J connectivity index is 2.27. The molecule has 0 aromatic heterocycles. The van der Waals surface area contributed by atoms with Crippen LogP contribution in [0.1, 0.15) is 60.3 Å². The first-order valence-electron chi connectivity index (χ1n) is 6.61. The number of fused-ring (bicyclic) bond motifs is 2. The molecular formula is C14H23NO3. The maximum atomic E-state index is 12.4. The lowest BCUT2D eigenvalue weighted by atomic mass is 9.85. The predicted octanol–water partition coefficient (Wildman–Crippen LogP) is 2.90. The molecule has 0 aromatic carbocycles. The van der Waals surface area contributed by atoms with E-state index in [2.05, 4.69) is 0 Å². The highest BCUT2D eigenvalue weighted by Gasteiger charge is 2.58. The molecule has 1 amide bonds. The van der Waals surface area contributed by atoms with Gasteiger partial charge in [-0.1, -0.05) is 0 Å². The standard InChI is InChI=1S/C14H23NO3/c1-12(2,3)18-11(17)15-13(4)6-7-14(15,5)9-10(16)8-13/h6-9H2,1-5H3/t13-,14+. The van der Waals surface area contributed by atoms with Crippen molar-refractivity contribution in [1.29, 1.82) is 0 Å². The van der Waals surface area contributed by atoms with Crippen LogP contribution in [0.5, 0.6) is 0 Å². The van der Waals surface area contributed by atoms with Gasteiger partial charge in [-0.3, -0.25) is 9.69 Å². The van der Waals surface area contributed by atoms with E-state index < -0.39 is 5.60 Å². The number of amides is 1. The summed E-state index contributed by atoms with van der Waals surface area (Å²) >= 11 is 0. The average molecular weight is 253 g/mol. The van der Waals surface area contributed by atoms with Crippen LogP contribution < -0.4 is 0 Å². The number of ketones is 1. The van der Waals surface area contributed by atoms with Crippen molar-refractivity contribution < 1.29 is 14.3 Å². The molecular weight excluding hydrogens is 230 g/mol. The highest BCUT2D eigenvalue weighted by atomic mass is 16.6. The third-order valence-corrected chi connectivity index (χ3v) is 4.01. The van der Waals surface area contributed by atoms with Gasteiger partial charge in [0.25, 0.3) is 0 Å². The van der Waals surface area contributed by atoms with E-state index in [9.17, 15) is 9.59 Å². The summed E-state index contributed by atoms with van der Waals surface area (Å²) in [6.45, 7) is 9.60. The van der Waals surface area contributed by atoms with Crippen molar-refractivity contribution in [3.05, 3.63) is 0 Å². The summed E-state index contributed by atoms with van der Waals surface area (Å²) in [5.41, 5.74) is -1.20. The molecule has 0 N–H and O–H groups in total. The van der Waals surface area contributed by atoms with Crippen LogP contribution in [0, 0.1) is 0 Å². The summed E-state index contributed by atoms with van der Waals surface area (Å²) in [4.78, 5) is 26.0. The van der Waals surface area contributed by atoms with Gasteiger partial charge in [0.05, 0.1) is 11.1 Å². The van der Waals surface area contributed by atoms with Crippen LogP contribution in [-0.4, -0.2) is 33.5 Å². The normalized spacial score (nSPS) is 35.8. The first-order chi connectivity index (χ1) is 8.06. The minimum atomic E-state index is -0.495. The molecule has 4 heteroatoms. The second-order valence-corrected chi connectivity index (χ2v) is 7.20. The Bertz CT molecular complexity index is 376. The molecule has 4 nitrogen and oxygen atoms in total. The molecule has 2 rings (SSSR count). The monoisotopic (exact) mass is 253 g/mol. The molecule has 0 aromatic rings. The molecule has 2 aliphatic rings. The smallest absolute Gasteiger partial charge is 0.411 e. The second-order valence-electron chi connectivity index (χ2n) is 7.20. The van der Waals surface area contributed by atoms with E-state index in [0.717, 1.165) is 12.8 Å². The van der Waals surface area contributed by atoms with Crippen LogP contribution in [0.4, 0.5) is 4.79 Å². The zero-order valence-corrected chi connectivity index (χ0v) is 12.0. The van der Waals surface area contributed by atoms with Gasteiger partial charge in [-0.05, 0) is 47.5 Å². The molecule has 2 saturated heterocycles. The molecule has 0 saturated carbocycles. The summed E-state index contributed by atoms with van der Waals surface area (Å²) in [5.74, 6) is 0.261. The number of hydrogen-bond acceptors (Lipinski definition) is 3. The van der Waals surface area contributed by atoms with Crippen LogP contribution in [-0.2, 0) is 9.53 Å². The second kappa shape index (κ2) is 3.72. The van der Waals surface area contributed by atoms with E-state index >= 15 is 0 Å². The van der Waals surface area contributed by atoms with Gasteiger partial charge in [0.1, 0.15) is 11.4 Å². The number of ether oxygens (including phenoxy) is 1. The van der Waals surface area contributed by atoms with E-state index in [-0.39, 0.29) is 23.0 Å². The molecule has 0 radical (unpaired) electrons. The summed E-state index contributed by atoms with van der Waals surface area (Å²) in [6.07, 6.45) is 2.41. The topological polar surface area (TPSA) is 46.6 Å². The number of piperidine rings is 1. The van der Waals surface area contributed by atoms with Crippen LogP contribution in [0.15, 0.2) is 0 Å². The van der Waals surface area contributed by atoms with Crippen molar-refractivity contribution in [2.45, 2.75) is 77.0 Å². The van der Waals surface area contributed by atoms with Gasteiger partial charge in [-0.2, -0.15) is 0 Å². The number of Topliss-reactive ketones (excluding diaryl/α,β-unsaturated/α-hetero) is 1. The van der Waals surface area contributed by atoms with Gasteiger partial charge in [-0.15, -0.1) is 0 Å². The van der Waals surface area contributed by atoms with Crippen molar-refractivity contribution in [2.24, 2.45) is 0 Å². The molecule has 102 valence electrons. The third-order valence-electron chi connectivity index (χ3n) is 4.01. The SMILES string of the molecule is CC(C)(C)OC(=O)N1[C@@]2(C)CC[C@]1(C)CC(=O)C2. The van der Waals surface area contributed by atoms with Crippen molar-refractivity contribution >= 4 is 11.9 Å².